The van der Waals surface area contributed by atoms with Crippen molar-refractivity contribution in [3.05, 3.63) is 12.7 Å². The molecule has 0 aliphatic carbocycles. The van der Waals surface area contributed by atoms with Crippen LogP contribution in [0.2, 0.25) is 0 Å². The normalized spacial score (nSPS) is 9.36. The standard InChI is InChI=1S/C6H9N5/c7-1-2-8-3-4-11-6-9-5-10-11/h5-6,8H,2-4H2. The number of nitrogens with one attached hydrogen (secondary N) is 1. The SMILES string of the molecule is N#CCNCCn1cncn1. The van der Waals surface area contributed by atoms with Crippen molar-refractivity contribution in [2.24, 2.45) is 0 Å². The molecule has 0 unspecified atom stereocenters. The maximum Gasteiger partial charge on any atom is 0.137 e. The Bertz CT molecular complexity index is 222. The molecular formula is C6H9N5. The van der Waals surface area contributed by atoms with E-state index in [1.807, 2.05) is 6.07 Å². The first-order chi connectivity index (χ1) is 5.43. The molecule has 5 nitrogen and oxygen atoms in total. The Labute approximate surface area is 64.7 Å². The van der Waals surface area contributed by atoms with Crippen LogP contribution in [0.15, 0.2) is 12.7 Å². The fraction of sp³-hybridized carbons (Fsp3) is 0.500. The summed E-state index contributed by atoms with van der Waals surface area (Å²) >= 11 is 0. The Morgan fingerprint density at radius 2 is 2.55 bits per heavy atom. The lowest BCUT2D eigenvalue weighted by atomic mass is 10.6. The van der Waals surface area contributed by atoms with Crippen LogP contribution in [-0.4, -0.2) is 27.9 Å². The second-order valence-corrected chi connectivity index (χ2v) is 1.99. The van der Waals surface area contributed by atoms with Gasteiger partial charge >= 0.3 is 0 Å². The minimum absolute atomic E-state index is 0.384. The van der Waals surface area contributed by atoms with Gasteiger partial charge in [0.2, 0.25) is 0 Å². The third-order valence-corrected chi connectivity index (χ3v) is 1.19. The molecule has 0 atom stereocenters. The fourth-order valence-electron chi connectivity index (χ4n) is 0.686. The average Bonchev–Trinajstić information content (AvgIpc) is 2.50. The first-order valence-electron chi connectivity index (χ1n) is 3.33. The van der Waals surface area contributed by atoms with E-state index in [2.05, 4.69) is 15.4 Å². The van der Waals surface area contributed by atoms with Crippen molar-refractivity contribution >= 4 is 0 Å². The van der Waals surface area contributed by atoms with Crippen LogP contribution in [0.4, 0.5) is 0 Å². The smallest absolute Gasteiger partial charge is 0.137 e. The molecule has 0 aliphatic rings. The third kappa shape index (κ3) is 2.78. The molecule has 1 N–H and O–H groups in total. The number of aromatic nitrogens is 3. The predicted molar refractivity (Wildman–Crippen MR) is 38.5 cm³/mol. The van der Waals surface area contributed by atoms with Crippen molar-refractivity contribution in [3.8, 4) is 6.07 Å². The third-order valence-electron chi connectivity index (χ3n) is 1.19. The lowest BCUT2D eigenvalue weighted by Gasteiger charge is -1.98. The highest BCUT2D eigenvalue weighted by Crippen LogP contribution is 1.76. The molecule has 1 heterocycles. The van der Waals surface area contributed by atoms with E-state index in [-0.39, 0.29) is 0 Å². The molecule has 5 heteroatoms. The summed E-state index contributed by atoms with van der Waals surface area (Å²) in [4.78, 5) is 3.78. The van der Waals surface area contributed by atoms with E-state index < -0.39 is 0 Å². The van der Waals surface area contributed by atoms with Gasteiger partial charge in [-0.3, -0.25) is 4.68 Å². The Morgan fingerprint density at radius 3 is 3.18 bits per heavy atom. The fourth-order valence-corrected chi connectivity index (χ4v) is 0.686. The molecule has 0 amide bonds. The van der Waals surface area contributed by atoms with Gasteiger partial charge in [-0.2, -0.15) is 10.4 Å². The Balaban J connectivity index is 2.10. The zero-order valence-corrected chi connectivity index (χ0v) is 6.06. The maximum atomic E-state index is 8.18. The number of rotatable bonds is 4. The van der Waals surface area contributed by atoms with Gasteiger partial charge in [0.15, 0.2) is 0 Å². The number of hydrogen-bond donors (Lipinski definition) is 1. The van der Waals surface area contributed by atoms with Crippen LogP contribution in [0.5, 0.6) is 0 Å². The van der Waals surface area contributed by atoms with Crippen molar-refractivity contribution in [1.82, 2.24) is 20.1 Å². The van der Waals surface area contributed by atoms with Crippen molar-refractivity contribution in [1.29, 1.82) is 5.26 Å². The van der Waals surface area contributed by atoms with Gasteiger partial charge in [0.25, 0.3) is 0 Å². The summed E-state index contributed by atoms with van der Waals surface area (Å²) in [7, 11) is 0. The molecule has 1 aromatic rings. The summed E-state index contributed by atoms with van der Waals surface area (Å²) < 4.78 is 1.71. The second-order valence-electron chi connectivity index (χ2n) is 1.99. The second kappa shape index (κ2) is 4.41. The van der Waals surface area contributed by atoms with Gasteiger partial charge in [-0.25, -0.2) is 4.98 Å². The van der Waals surface area contributed by atoms with E-state index in [4.69, 9.17) is 5.26 Å². The van der Waals surface area contributed by atoms with Crippen molar-refractivity contribution in [3.63, 3.8) is 0 Å². The summed E-state index contributed by atoms with van der Waals surface area (Å²) in [6.45, 7) is 1.88. The lowest BCUT2D eigenvalue weighted by Crippen LogP contribution is -2.20. The van der Waals surface area contributed by atoms with Gasteiger partial charge in [0.05, 0.1) is 19.2 Å². The topological polar surface area (TPSA) is 66.5 Å². The zero-order valence-electron chi connectivity index (χ0n) is 6.06. The van der Waals surface area contributed by atoms with Gasteiger partial charge in [-0.1, -0.05) is 0 Å². The van der Waals surface area contributed by atoms with Crippen LogP contribution in [0.1, 0.15) is 0 Å². The molecule has 0 aliphatic heterocycles. The molecule has 58 valence electrons. The average molecular weight is 151 g/mol. The summed E-state index contributed by atoms with van der Waals surface area (Å²) in [5.41, 5.74) is 0. The Morgan fingerprint density at radius 1 is 1.64 bits per heavy atom. The van der Waals surface area contributed by atoms with Gasteiger partial charge < -0.3 is 5.32 Å². The van der Waals surface area contributed by atoms with Crippen LogP contribution in [0.3, 0.4) is 0 Å². The highest BCUT2D eigenvalue weighted by molar-refractivity contribution is 4.72. The zero-order chi connectivity index (χ0) is 7.94. The van der Waals surface area contributed by atoms with Crippen LogP contribution in [0.25, 0.3) is 0 Å². The molecule has 0 aromatic carbocycles. The summed E-state index contributed by atoms with van der Waals surface area (Å²) in [6, 6.07) is 1.99. The summed E-state index contributed by atoms with van der Waals surface area (Å²) in [6.07, 6.45) is 3.14. The molecule has 0 saturated heterocycles. The van der Waals surface area contributed by atoms with Gasteiger partial charge in [-0.05, 0) is 0 Å². The largest absolute Gasteiger partial charge is 0.303 e. The highest BCUT2D eigenvalue weighted by atomic mass is 15.3. The maximum absolute atomic E-state index is 8.18. The van der Waals surface area contributed by atoms with E-state index in [1.54, 1.807) is 11.0 Å². The molecule has 0 radical (unpaired) electrons. The van der Waals surface area contributed by atoms with E-state index >= 15 is 0 Å². The van der Waals surface area contributed by atoms with Gasteiger partial charge in [0, 0.05) is 6.54 Å². The molecule has 0 spiro atoms. The van der Waals surface area contributed by atoms with Crippen molar-refractivity contribution in [2.75, 3.05) is 13.1 Å². The Hall–Kier alpha value is -1.41. The number of hydrogen-bond acceptors (Lipinski definition) is 4. The quantitative estimate of drug-likeness (QED) is 0.460. The molecule has 1 rings (SSSR count). The van der Waals surface area contributed by atoms with Gasteiger partial charge in [0.1, 0.15) is 12.7 Å². The van der Waals surface area contributed by atoms with E-state index in [9.17, 15) is 0 Å². The minimum Gasteiger partial charge on any atom is -0.303 e. The lowest BCUT2D eigenvalue weighted by molar-refractivity contribution is 0.573. The monoisotopic (exact) mass is 151 g/mol. The van der Waals surface area contributed by atoms with Crippen LogP contribution >= 0.6 is 0 Å². The van der Waals surface area contributed by atoms with Crippen LogP contribution < -0.4 is 5.32 Å². The van der Waals surface area contributed by atoms with E-state index in [0.29, 0.717) is 6.54 Å². The first-order valence-corrected chi connectivity index (χ1v) is 3.33. The summed E-state index contributed by atoms with van der Waals surface area (Å²) in [5, 5.41) is 15.0. The molecule has 0 bridgehead atoms. The molecule has 1 aromatic heterocycles. The van der Waals surface area contributed by atoms with Crippen LogP contribution in [0, 0.1) is 11.3 Å². The first kappa shape index (κ1) is 7.69. The van der Waals surface area contributed by atoms with E-state index in [0.717, 1.165) is 13.1 Å². The minimum atomic E-state index is 0.384. The number of nitrogens with zero attached hydrogens (tertiary/aromatic N) is 4. The van der Waals surface area contributed by atoms with Crippen LogP contribution in [-0.2, 0) is 6.54 Å². The van der Waals surface area contributed by atoms with E-state index in [1.165, 1.54) is 6.33 Å². The highest BCUT2D eigenvalue weighted by Gasteiger charge is 1.88. The van der Waals surface area contributed by atoms with Crippen molar-refractivity contribution < 1.29 is 0 Å². The van der Waals surface area contributed by atoms with Crippen molar-refractivity contribution in [2.45, 2.75) is 6.54 Å². The molecular weight excluding hydrogens is 142 g/mol. The predicted octanol–water partition coefficient (Wildman–Crippen LogP) is -0.609. The molecule has 0 fully saturated rings. The molecule has 0 saturated carbocycles. The van der Waals surface area contributed by atoms with Gasteiger partial charge in [-0.15, -0.1) is 0 Å². The molecule has 11 heavy (non-hydrogen) atoms. The summed E-state index contributed by atoms with van der Waals surface area (Å²) in [5.74, 6) is 0. The Kier molecular flexibility index (Phi) is 3.09. The number of nitriles is 1.